The van der Waals surface area contributed by atoms with Crippen molar-refractivity contribution >= 4 is 6.09 Å². The van der Waals surface area contributed by atoms with Crippen LogP contribution in [0.4, 0.5) is 4.79 Å². The van der Waals surface area contributed by atoms with Crippen LogP contribution in [-0.4, -0.2) is 37.3 Å². The zero-order valence-electron chi connectivity index (χ0n) is 15.1. The van der Waals surface area contributed by atoms with Gasteiger partial charge in [0.1, 0.15) is 12.4 Å². The van der Waals surface area contributed by atoms with Gasteiger partial charge in [0.15, 0.2) is 0 Å². The molecule has 0 bridgehead atoms. The average molecular weight is 355 g/mol. The van der Waals surface area contributed by atoms with Gasteiger partial charge in [-0.05, 0) is 36.1 Å². The topological polar surface area (TPSA) is 48.0 Å². The van der Waals surface area contributed by atoms with Crippen LogP contribution in [0.15, 0.2) is 54.6 Å². The minimum atomic E-state index is -0.248. The number of piperidine rings is 1. The Morgan fingerprint density at radius 3 is 2.27 bits per heavy atom. The van der Waals surface area contributed by atoms with Crippen LogP contribution in [0.5, 0.6) is 5.75 Å². The van der Waals surface area contributed by atoms with Crippen molar-refractivity contribution in [3.05, 3.63) is 65.7 Å². The van der Waals surface area contributed by atoms with E-state index in [9.17, 15) is 4.79 Å². The second-order valence-electron chi connectivity index (χ2n) is 6.39. The smallest absolute Gasteiger partial charge is 0.410 e. The molecule has 1 fully saturated rings. The highest BCUT2D eigenvalue weighted by Gasteiger charge is 2.24. The number of ether oxygens (including phenoxy) is 3. The van der Waals surface area contributed by atoms with Gasteiger partial charge in [0.2, 0.25) is 0 Å². The summed E-state index contributed by atoms with van der Waals surface area (Å²) in [5, 5.41) is 0. The largest absolute Gasteiger partial charge is 0.497 e. The third-order valence-electron chi connectivity index (χ3n) is 4.55. The third kappa shape index (κ3) is 5.23. The molecule has 0 spiro atoms. The van der Waals surface area contributed by atoms with Gasteiger partial charge in [0, 0.05) is 13.1 Å². The third-order valence-corrected chi connectivity index (χ3v) is 4.55. The van der Waals surface area contributed by atoms with Crippen molar-refractivity contribution in [2.24, 2.45) is 0 Å². The average Bonchev–Trinajstić information content (AvgIpc) is 2.72. The van der Waals surface area contributed by atoms with Gasteiger partial charge in [-0.1, -0.05) is 42.5 Å². The van der Waals surface area contributed by atoms with Crippen LogP contribution in [0.3, 0.4) is 0 Å². The molecule has 1 aliphatic heterocycles. The van der Waals surface area contributed by atoms with Gasteiger partial charge in [-0.3, -0.25) is 0 Å². The molecule has 1 saturated heterocycles. The van der Waals surface area contributed by atoms with E-state index in [1.807, 2.05) is 54.6 Å². The summed E-state index contributed by atoms with van der Waals surface area (Å²) >= 11 is 0. The summed E-state index contributed by atoms with van der Waals surface area (Å²) in [6, 6.07) is 17.6. The van der Waals surface area contributed by atoms with Crippen molar-refractivity contribution in [2.45, 2.75) is 32.2 Å². The summed E-state index contributed by atoms with van der Waals surface area (Å²) in [5.41, 5.74) is 2.12. The first-order valence-electron chi connectivity index (χ1n) is 8.95. The highest BCUT2D eigenvalue weighted by Crippen LogP contribution is 2.18. The fourth-order valence-corrected chi connectivity index (χ4v) is 2.95. The Morgan fingerprint density at radius 2 is 1.62 bits per heavy atom. The number of methoxy groups -OCH3 is 1. The first-order valence-corrected chi connectivity index (χ1v) is 8.95. The molecule has 26 heavy (non-hydrogen) atoms. The van der Waals surface area contributed by atoms with Gasteiger partial charge < -0.3 is 19.1 Å². The quantitative estimate of drug-likeness (QED) is 0.785. The molecule has 0 radical (unpaired) electrons. The lowest BCUT2D eigenvalue weighted by Crippen LogP contribution is -2.41. The molecule has 0 unspecified atom stereocenters. The first-order chi connectivity index (χ1) is 12.7. The molecule has 2 aromatic rings. The predicted octanol–water partition coefficient (Wildman–Crippen LogP) is 4.01. The lowest BCUT2D eigenvalue weighted by atomic mass is 10.1. The molecule has 0 aliphatic carbocycles. The minimum Gasteiger partial charge on any atom is -0.497 e. The normalized spacial score (nSPS) is 14.9. The van der Waals surface area contributed by atoms with Crippen LogP contribution in [-0.2, 0) is 22.7 Å². The summed E-state index contributed by atoms with van der Waals surface area (Å²) in [6.45, 7) is 2.22. The Bertz CT molecular complexity index is 679. The van der Waals surface area contributed by atoms with Gasteiger partial charge >= 0.3 is 6.09 Å². The molecular formula is C21H25NO4. The number of nitrogens with zero attached hydrogens (tertiary/aromatic N) is 1. The van der Waals surface area contributed by atoms with Crippen molar-refractivity contribution in [2.75, 3.05) is 20.2 Å². The number of hydrogen-bond acceptors (Lipinski definition) is 4. The molecule has 0 atom stereocenters. The SMILES string of the molecule is COc1ccc(COC2CCN(C(=O)OCc3ccccc3)CC2)cc1. The maximum Gasteiger partial charge on any atom is 0.410 e. The van der Waals surface area contributed by atoms with Gasteiger partial charge in [-0.2, -0.15) is 0 Å². The summed E-state index contributed by atoms with van der Waals surface area (Å²) < 4.78 is 16.5. The Labute approximate surface area is 154 Å². The maximum atomic E-state index is 12.2. The number of carbonyl (C=O) groups is 1. The van der Waals surface area contributed by atoms with Gasteiger partial charge in [-0.15, -0.1) is 0 Å². The molecule has 1 aliphatic rings. The number of likely N-dealkylation sites (tertiary alicyclic amines) is 1. The van der Waals surface area contributed by atoms with E-state index in [0.29, 0.717) is 26.3 Å². The molecule has 5 nitrogen and oxygen atoms in total. The zero-order chi connectivity index (χ0) is 18.2. The Hall–Kier alpha value is -2.53. The van der Waals surface area contributed by atoms with E-state index in [2.05, 4.69) is 0 Å². The highest BCUT2D eigenvalue weighted by molar-refractivity contribution is 5.67. The van der Waals surface area contributed by atoms with Crippen molar-refractivity contribution in [3.63, 3.8) is 0 Å². The van der Waals surface area contributed by atoms with E-state index in [1.54, 1.807) is 12.0 Å². The summed E-state index contributed by atoms with van der Waals surface area (Å²) in [6.07, 6.45) is 1.59. The lowest BCUT2D eigenvalue weighted by molar-refractivity contribution is -0.00397. The van der Waals surface area contributed by atoms with Crippen molar-refractivity contribution in [1.29, 1.82) is 0 Å². The zero-order valence-corrected chi connectivity index (χ0v) is 15.1. The van der Waals surface area contributed by atoms with Crippen molar-refractivity contribution < 1.29 is 19.0 Å². The second-order valence-corrected chi connectivity index (χ2v) is 6.39. The molecular weight excluding hydrogens is 330 g/mol. The molecule has 138 valence electrons. The molecule has 1 amide bonds. The first kappa shape index (κ1) is 18.3. The summed E-state index contributed by atoms with van der Waals surface area (Å²) in [5.74, 6) is 0.844. The van der Waals surface area contributed by atoms with E-state index in [-0.39, 0.29) is 12.2 Å². The Balaban J connectivity index is 1.37. The highest BCUT2D eigenvalue weighted by atomic mass is 16.6. The molecule has 5 heteroatoms. The van der Waals surface area contributed by atoms with E-state index in [1.165, 1.54) is 0 Å². The Morgan fingerprint density at radius 1 is 0.962 bits per heavy atom. The van der Waals surface area contributed by atoms with Crippen molar-refractivity contribution in [3.8, 4) is 5.75 Å². The molecule has 0 aromatic heterocycles. The Kier molecular flexibility index (Phi) is 6.50. The summed E-state index contributed by atoms with van der Waals surface area (Å²) in [7, 11) is 1.66. The summed E-state index contributed by atoms with van der Waals surface area (Å²) in [4.78, 5) is 13.9. The number of carbonyl (C=O) groups excluding carboxylic acids is 1. The molecule has 0 N–H and O–H groups in total. The van der Waals surface area contributed by atoms with Crippen LogP contribution in [0.25, 0.3) is 0 Å². The van der Waals surface area contributed by atoms with Crippen LogP contribution in [0, 0.1) is 0 Å². The number of benzene rings is 2. The molecule has 1 heterocycles. The minimum absolute atomic E-state index is 0.176. The molecule has 3 rings (SSSR count). The van der Waals surface area contributed by atoms with E-state index in [4.69, 9.17) is 14.2 Å². The van der Waals surface area contributed by atoms with Crippen LogP contribution in [0.2, 0.25) is 0 Å². The van der Waals surface area contributed by atoms with Gasteiger partial charge in [0.05, 0.1) is 19.8 Å². The van der Waals surface area contributed by atoms with E-state index < -0.39 is 0 Å². The number of rotatable bonds is 6. The van der Waals surface area contributed by atoms with Gasteiger partial charge in [-0.25, -0.2) is 4.79 Å². The monoisotopic (exact) mass is 355 g/mol. The predicted molar refractivity (Wildman–Crippen MR) is 99.0 cm³/mol. The van der Waals surface area contributed by atoms with E-state index in [0.717, 1.165) is 29.7 Å². The van der Waals surface area contributed by atoms with Gasteiger partial charge in [0.25, 0.3) is 0 Å². The molecule has 2 aromatic carbocycles. The fraction of sp³-hybridized carbons (Fsp3) is 0.381. The lowest BCUT2D eigenvalue weighted by Gasteiger charge is -2.31. The molecule has 0 saturated carbocycles. The van der Waals surface area contributed by atoms with Crippen LogP contribution in [0.1, 0.15) is 24.0 Å². The maximum absolute atomic E-state index is 12.2. The fourth-order valence-electron chi connectivity index (χ4n) is 2.95. The second kappa shape index (κ2) is 9.25. The number of amides is 1. The van der Waals surface area contributed by atoms with E-state index >= 15 is 0 Å². The van der Waals surface area contributed by atoms with Crippen LogP contribution < -0.4 is 4.74 Å². The standard InChI is InChI=1S/C21H25NO4/c1-24-19-9-7-18(8-10-19)15-25-20-11-13-22(14-12-20)21(23)26-16-17-5-3-2-4-6-17/h2-10,20H,11-16H2,1H3. The van der Waals surface area contributed by atoms with Crippen molar-refractivity contribution in [1.82, 2.24) is 4.90 Å². The number of hydrogen-bond donors (Lipinski definition) is 0. The van der Waals surface area contributed by atoms with Crippen LogP contribution >= 0.6 is 0 Å².